The molecule has 2 aromatic rings. The van der Waals surface area contributed by atoms with Crippen molar-refractivity contribution < 1.29 is 9.90 Å². The predicted molar refractivity (Wildman–Crippen MR) is 85.3 cm³/mol. The molecule has 0 saturated heterocycles. The molecular formula is C15H16BrNO2S. The number of carboxylic acids is 1. The second-order valence-electron chi connectivity index (χ2n) is 4.85. The van der Waals surface area contributed by atoms with Crippen molar-refractivity contribution in [1.29, 1.82) is 0 Å². The van der Waals surface area contributed by atoms with E-state index in [0.717, 1.165) is 28.7 Å². The van der Waals surface area contributed by atoms with Crippen molar-refractivity contribution in [2.75, 3.05) is 7.05 Å². The Morgan fingerprint density at radius 3 is 2.65 bits per heavy atom. The van der Waals surface area contributed by atoms with Crippen molar-refractivity contribution in [3.05, 3.63) is 55.7 Å². The van der Waals surface area contributed by atoms with Crippen LogP contribution in [0.1, 0.15) is 26.4 Å². The summed E-state index contributed by atoms with van der Waals surface area (Å²) in [7, 11) is 2.07. The van der Waals surface area contributed by atoms with Crippen LogP contribution in [0.4, 0.5) is 0 Å². The van der Waals surface area contributed by atoms with Crippen LogP contribution in [0.2, 0.25) is 0 Å². The molecule has 0 spiro atoms. The van der Waals surface area contributed by atoms with Crippen molar-refractivity contribution in [2.45, 2.75) is 20.0 Å². The van der Waals surface area contributed by atoms with Crippen molar-refractivity contribution >= 4 is 33.2 Å². The number of benzene rings is 1. The standard InChI is InChI=1S/C15H16BrNO2S/c1-10-5-11(15(18)19)3-4-12(10)7-17(2)8-14-6-13(16)9-20-14/h3-6,9H,7-8H2,1-2H3,(H,18,19). The Labute approximate surface area is 131 Å². The van der Waals surface area contributed by atoms with E-state index < -0.39 is 5.97 Å². The molecule has 2 rings (SSSR count). The summed E-state index contributed by atoms with van der Waals surface area (Å²) < 4.78 is 1.12. The van der Waals surface area contributed by atoms with E-state index >= 15 is 0 Å². The largest absolute Gasteiger partial charge is 0.478 e. The van der Waals surface area contributed by atoms with E-state index in [9.17, 15) is 4.79 Å². The van der Waals surface area contributed by atoms with E-state index in [2.05, 4.69) is 39.3 Å². The van der Waals surface area contributed by atoms with Crippen molar-refractivity contribution in [1.82, 2.24) is 4.90 Å². The number of halogens is 1. The fourth-order valence-corrected chi connectivity index (χ4v) is 3.59. The first-order valence-corrected chi connectivity index (χ1v) is 7.87. The maximum absolute atomic E-state index is 10.9. The fourth-order valence-electron chi connectivity index (χ4n) is 2.06. The number of hydrogen-bond acceptors (Lipinski definition) is 3. The Bertz CT molecular complexity index is 624. The Morgan fingerprint density at radius 2 is 2.10 bits per heavy atom. The number of aryl methyl sites for hydroxylation is 1. The van der Waals surface area contributed by atoms with Gasteiger partial charge in [0.05, 0.1) is 5.56 Å². The van der Waals surface area contributed by atoms with Crippen LogP contribution in [0.15, 0.2) is 34.1 Å². The molecule has 0 saturated carbocycles. The highest BCUT2D eigenvalue weighted by Gasteiger charge is 2.09. The molecule has 5 heteroatoms. The van der Waals surface area contributed by atoms with E-state index in [1.807, 2.05) is 13.0 Å². The minimum Gasteiger partial charge on any atom is -0.478 e. The molecule has 1 aromatic heterocycles. The van der Waals surface area contributed by atoms with Crippen LogP contribution in [-0.2, 0) is 13.1 Å². The quantitative estimate of drug-likeness (QED) is 0.877. The molecule has 0 atom stereocenters. The van der Waals surface area contributed by atoms with Crippen LogP contribution in [0.5, 0.6) is 0 Å². The summed E-state index contributed by atoms with van der Waals surface area (Å²) in [6.45, 7) is 3.65. The van der Waals surface area contributed by atoms with Gasteiger partial charge in [0, 0.05) is 27.8 Å². The van der Waals surface area contributed by atoms with Gasteiger partial charge in [0.15, 0.2) is 0 Å². The predicted octanol–water partition coefficient (Wildman–Crippen LogP) is 4.15. The summed E-state index contributed by atoms with van der Waals surface area (Å²) in [4.78, 5) is 14.4. The van der Waals surface area contributed by atoms with E-state index in [1.165, 1.54) is 4.88 Å². The van der Waals surface area contributed by atoms with Gasteiger partial charge in [-0.15, -0.1) is 11.3 Å². The lowest BCUT2D eigenvalue weighted by atomic mass is 10.0. The molecule has 0 radical (unpaired) electrons. The average Bonchev–Trinajstić information content (AvgIpc) is 2.77. The van der Waals surface area contributed by atoms with Gasteiger partial charge in [-0.3, -0.25) is 4.90 Å². The number of carbonyl (C=O) groups is 1. The van der Waals surface area contributed by atoms with E-state index in [-0.39, 0.29) is 0 Å². The molecule has 20 heavy (non-hydrogen) atoms. The van der Waals surface area contributed by atoms with Crippen LogP contribution in [0, 0.1) is 6.92 Å². The molecule has 0 aliphatic carbocycles. The Morgan fingerprint density at radius 1 is 1.35 bits per heavy atom. The highest BCUT2D eigenvalue weighted by Crippen LogP contribution is 2.22. The fraction of sp³-hybridized carbons (Fsp3) is 0.267. The molecule has 1 aromatic carbocycles. The minimum atomic E-state index is -0.878. The van der Waals surface area contributed by atoms with Crippen LogP contribution in [0.25, 0.3) is 0 Å². The number of thiophene rings is 1. The van der Waals surface area contributed by atoms with Gasteiger partial charge in [0.1, 0.15) is 0 Å². The monoisotopic (exact) mass is 353 g/mol. The van der Waals surface area contributed by atoms with Crippen LogP contribution in [-0.4, -0.2) is 23.0 Å². The summed E-state index contributed by atoms with van der Waals surface area (Å²) in [5.74, 6) is -0.878. The minimum absolute atomic E-state index is 0.344. The summed E-state index contributed by atoms with van der Waals surface area (Å²) in [5.41, 5.74) is 2.52. The zero-order chi connectivity index (χ0) is 14.7. The van der Waals surface area contributed by atoms with Gasteiger partial charge >= 0.3 is 5.97 Å². The highest BCUT2D eigenvalue weighted by atomic mass is 79.9. The molecule has 106 valence electrons. The highest BCUT2D eigenvalue weighted by molar-refractivity contribution is 9.10. The molecule has 0 amide bonds. The van der Waals surface area contributed by atoms with Crippen molar-refractivity contribution in [2.24, 2.45) is 0 Å². The van der Waals surface area contributed by atoms with Gasteiger partial charge in [-0.2, -0.15) is 0 Å². The van der Waals surface area contributed by atoms with Gasteiger partial charge in [-0.1, -0.05) is 6.07 Å². The maximum atomic E-state index is 10.9. The average molecular weight is 354 g/mol. The summed E-state index contributed by atoms with van der Waals surface area (Å²) in [5, 5.41) is 11.0. The smallest absolute Gasteiger partial charge is 0.335 e. The first-order chi connectivity index (χ1) is 9.45. The summed E-state index contributed by atoms with van der Waals surface area (Å²) in [6.07, 6.45) is 0. The van der Waals surface area contributed by atoms with Crippen molar-refractivity contribution in [3.8, 4) is 0 Å². The van der Waals surface area contributed by atoms with Gasteiger partial charge < -0.3 is 5.11 Å². The molecule has 0 unspecified atom stereocenters. The van der Waals surface area contributed by atoms with Gasteiger partial charge in [0.25, 0.3) is 0 Å². The Balaban J connectivity index is 2.04. The van der Waals surface area contributed by atoms with Gasteiger partial charge in [0.2, 0.25) is 0 Å². The third-order valence-electron chi connectivity index (χ3n) is 3.08. The number of aromatic carboxylic acids is 1. The van der Waals surface area contributed by atoms with Crippen LogP contribution in [0.3, 0.4) is 0 Å². The molecular weight excluding hydrogens is 338 g/mol. The van der Waals surface area contributed by atoms with E-state index in [4.69, 9.17) is 5.11 Å². The van der Waals surface area contributed by atoms with Crippen LogP contribution >= 0.6 is 27.3 Å². The van der Waals surface area contributed by atoms with Crippen molar-refractivity contribution in [3.63, 3.8) is 0 Å². The topological polar surface area (TPSA) is 40.5 Å². The Hall–Kier alpha value is -1.17. The zero-order valence-electron chi connectivity index (χ0n) is 11.4. The van der Waals surface area contributed by atoms with Crippen LogP contribution < -0.4 is 0 Å². The maximum Gasteiger partial charge on any atom is 0.335 e. The number of carboxylic acid groups (broad SMARTS) is 1. The SMILES string of the molecule is Cc1cc(C(=O)O)ccc1CN(C)Cc1cc(Br)cs1. The van der Waals surface area contributed by atoms with E-state index in [0.29, 0.717) is 5.56 Å². The number of rotatable bonds is 5. The molecule has 0 fully saturated rings. The lowest BCUT2D eigenvalue weighted by molar-refractivity contribution is 0.0697. The third kappa shape index (κ3) is 3.91. The first-order valence-electron chi connectivity index (χ1n) is 6.20. The molecule has 1 N–H and O–H groups in total. The lowest BCUT2D eigenvalue weighted by Crippen LogP contribution is -2.17. The van der Waals surface area contributed by atoms with Gasteiger partial charge in [-0.05, 0) is 59.2 Å². The summed E-state index contributed by atoms with van der Waals surface area (Å²) in [6, 6.07) is 7.43. The normalized spacial score (nSPS) is 11.0. The molecule has 0 bridgehead atoms. The number of hydrogen-bond donors (Lipinski definition) is 1. The molecule has 3 nitrogen and oxygen atoms in total. The molecule has 1 heterocycles. The lowest BCUT2D eigenvalue weighted by Gasteiger charge is -2.17. The first kappa shape index (κ1) is 15.2. The van der Waals surface area contributed by atoms with E-state index in [1.54, 1.807) is 23.5 Å². The second-order valence-corrected chi connectivity index (χ2v) is 6.76. The zero-order valence-corrected chi connectivity index (χ0v) is 13.8. The molecule has 0 aliphatic heterocycles. The number of nitrogens with zero attached hydrogens (tertiary/aromatic N) is 1. The summed E-state index contributed by atoms with van der Waals surface area (Å²) >= 11 is 5.19. The second kappa shape index (κ2) is 6.52. The third-order valence-corrected chi connectivity index (χ3v) is 4.76. The molecule has 0 aliphatic rings. The van der Waals surface area contributed by atoms with Gasteiger partial charge in [-0.25, -0.2) is 4.79 Å². The Kier molecular flexibility index (Phi) is 4.96.